The summed E-state index contributed by atoms with van der Waals surface area (Å²) in [5, 5.41) is 2.89. The average molecular weight is 309 g/mol. The predicted molar refractivity (Wildman–Crippen MR) is 75.6 cm³/mol. The van der Waals surface area contributed by atoms with Gasteiger partial charge in [-0.05, 0) is 25.1 Å². The largest absolute Gasteiger partial charge is 0.441 e. The van der Waals surface area contributed by atoms with Crippen molar-refractivity contribution in [1.82, 2.24) is 9.97 Å². The van der Waals surface area contributed by atoms with Crippen molar-refractivity contribution in [2.24, 2.45) is 5.84 Å². The summed E-state index contributed by atoms with van der Waals surface area (Å²) in [4.78, 5) is 8.53. The number of hydrogen-bond donors (Lipinski definition) is 3. The number of thioether (sulfide) groups is 1. The Morgan fingerprint density at radius 3 is 2.45 bits per heavy atom. The van der Waals surface area contributed by atoms with E-state index < -0.39 is 5.51 Å². The monoisotopic (exact) mass is 309 g/mol. The molecule has 0 aliphatic rings. The SMILES string of the molecule is CCCc1nc(NN)c(C)c(NCCSC(F)(F)F)n1. The van der Waals surface area contributed by atoms with Crippen LogP contribution in [-0.4, -0.2) is 27.8 Å². The molecule has 0 bridgehead atoms. The smallest absolute Gasteiger partial charge is 0.369 e. The topological polar surface area (TPSA) is 75.9 Å². The van der Waals surface area contributed by atoms with E-state index in [9.17, 15) is 13.2 Å². The highest BCUT2D eigenvalue weighted by Gasteiger charge is 2.27. The van der Waals surface area contributed by atoms with Crippen molar-refractivity contribution in [2.75, 3.05) is 23.0 Å². The summed E-state index contributed by atoms with van der Waals surface area (Å²) in [6.07, 6.45) is 1.55. The van der Waals surface area contributed by atoms with Crippen LogP contribution in [0.15, 0.2) is 0 Å². The maximum absolute atomic E-state index is 12.0. The van der Waals surface area contributed by atoms with E-state index in [4.69, 9.17) is 5.84 Å². The molecule has 1 rings (SSSR count). The molecule has 0 unspecified atom stereocenters. The molecule has 0 radical (unpaired) electrons. The number of halogens is 3. The quantitative estimate of drug-likeness (QED) is 0.408. The van der Waals surface area contributed by atoms with Crippen molar-refractivity contribution in [3.63, 3.8) is 0 Å². The zero-order valence-electron chi connectivity index (χ0n) is 11.3. The molecular weight excluding hydrogens is 291 g/mol. The molecule has 0 atom stereocenters. The van der Waals surface area contributed by atoms with Crippen molar-refractivity contribution in [3.05, 3.63) is 11.4 Å². The Kier molecular flexibility index (Phi) is 6.34. The first-order valence-electron chi connectivity index (χ1n) is 6.16. The van der Waals surface area contributed by atoms with E-state index in [1.54, 1.807) is 6.92 Å². The number of aromatic nitrogens is 2. The molecular formula is C11H18F3N5S. The highest BCUT2D eigenvalue weighted by molar-refractivity contribution is 8.00. The Morgan fingerprint density at radius 1 is 1.25 bits per heavy atom. The summed E-state index contributed by atoms with van der Waals surface area (Å²) in [5.74, 6) is 6.90. The minimum Gasteiger partial charge on any atom is -0.369 e. The number of rotatable bonds is 7. The molecule has 0 saturated heterocycles. The van der Waals surface area contributed by atoms with Crippen LogP contribution in [0.3, 0.4) is 0 Å². The van der Waals surface area contributed by atoms with E-state index in [0.717, 1.165) is 6.42 Å². The molecule has 114 valence electrons. The number of hydrazine groups is 1. The van der Waals surface area contributed by atoms with E-state index >= 15 is 0 Å². The maximum Gasteiger partial charge on any atom is 0.441 e. The Bertz CT molecular complexity index is 439. The standard InChI is InChI=1S/C11H18F3N5S/c1-3-4-8-17-9(7(2)10(18-8)19-15)16-5-6-20-11(12,13)14/h3-6,15H2,1-2H3,(H2,16,17,18,19). The van der Waals surface area contributed by atoms with E-state index in [0.29, 0.717) is 29.4 Å². The van der Waals surface area contributed by atoms with Gasteiger partial charge in [0.25, 0.3) is 0 Å². The third kappa shape index (κ3) is 5.41. The van der Waals surface area contributed by atoms with Gasteiger partial charge in [0.05, 0.1) is 0 Å². The van der Waals surface area contributed by atoms with Gasteiger partial charge in [0, 0.05) is 24.3 Å². The molecule has 1 aromatic heterocycles. The van der Waals surface area contributed by atoms with E-state index in [-0.39, 0.29) is 24.1 Å². The van der Waals surface area contributed by atoms with Crippen LogP contribution in [0.4, 0.5) is 24.8 Å². The first-order chi connectivity index (χ1) is 9.37. The Hall–Kier alpha value is -1.22. The van der Waals surface area contributed by atoms with E-state index in [1.165, 1.54) is 0 Å². The molecule has 0 aliphatic carbocycles. The summed E-state index contributed by atoms with van der Waals surface area (Å²) < 4.78 is 36.1. The minimum atomic E-state index is -4.21. The van der Waals surface area contributed by atoms with Crippen LogP contribution in [0.5, 0.6) is 0 Å². The second kappa shape index (κ2) is 7.53. The summed E-state index contributed by atoms with van der Waals surface area (Å²) in [7, 11) is 0. The van der Waals surface area contributed by atoms with Crippen molar-refractivity contribution < 1.29 is 13.2 Å². The first-order valence-corrected chi connectivity index (χ1v) is 7.14. The molecule has 1 heterocycles. The number of nitrogen functional groups attached to an aromatic ring is 1. The van der Waals surface area contributed by atoms with Crippen LogP contribution in [0, 0.1) is 6.92 Å². The molecule has 20 heavy (non-hydrogen) atoms. The van der Waals surface area contributed by atoms with Gasteiger partial charge in [0.2, 0.25) is 0 Å². The lowest BCUT2D eigenvalue weighted by Gasteiger charge is -2.13. The zero-order valence-corrected chi connectivity index (χ0v) is 12.2. The number of anilines is 2. The molecule has 0 spiro atoms. The Balaban J connectivity index is 2.70. The van der Waals surface area contributed by atoms with Crippen LogP contribution in [0.25, 0.3) is 0 Å². The van der Waals surface area contributed by atoms with Gasteiger partial charge in [-0.2, -0.15) is 13.2 Å². The van der Waals surface area contributed by atoms with Gasteiger partial charge in [-0.15, -0.1) is 0 Å². The Morgan fingerprint density at radius 2 is 1.90 bits per heavy atom. The summed E-state index contributed by atoms with van der Waals surface area (Å²) in [5.41, 5.74) is -1.05. The van der Waals surface area contributed by atoms with Crippen molar-refractivity contribution in [1.29, 1.82) is 0 Å². The lowest BCUT2D eigenvalue weighted by molar-refractivity contribution is -0.0327. The average Bonchev–Trinajstić information content (AvgIpc) is 2.36. The minimum absolute atomic E-state index is 0.0631. The fourth-order valence-corrected chi connectivity index (χ4v) is 1.98. The number of alkyl halides is 3. The van der Waals surface area contributed by atoms with E-state index in [2.05, 4.69) is 20.7 Å². The summed E-state index contributed by atoms with van der Waals surface area (Å²) in [6, 6.07) is 0. The molecule has 0 fully saturated rings. The molecule has 4 N–H and O–H groups in total. The number of nitrogens with one attached hydrogen (secondary N) is 2. The molecule has 5 nitrogen and oxygen atoms in total. The fraction of sp³-hybridized carbons (Fsp3) is 0.636. The highest BCUT2D eigenvalue weighted by atomic mass is 32.2. The maximum atomic E-state index is 12.0. The molecule has 0 aliphatic heterocycles. The number of nitrogens with zero attached hydrogens (tertiary/aromatic N) is 2. The van der Waals surface area contributed by atoms with Gasteiger partial charge in [-0.25, -0.2) is 15.8 Å². The van der Waals surface area contributed by atoms with Crippen LogP contribution < -0.4 is 16.6 Å². The Labute approximate surface area is 119 Å². The van der Waals surface area contributed by atoms with Gasteiger partial charge in [0.15, 0.2) is 0 Å². The van der Waals surface area contributed by atoms with Crippen molar-refractivity contribution in [2.45, 2.75) is 32.2 Å². The lowest BCUT2D eigenvalue weighted by atomic mass is 10.2. The van der Waals surface area contributed by atoms with E-state index in [1.807, 2.05) is 6.92 Å². The van der Waals surface area contributed by atoms with Crippen LogP contribution in [0.2, 0.25) is 0 Å². The predicted octanol–water partition coefficient (Wildman–Crippen LogP) is 2.69. The molecule has 0 amide bonds. The lowest BCUT2D eigenvalue weighted by Crippen LogP contribution is -2.16. The summed E-state index contributed by atoms with van der Waals surface area (Å²) >= 11 is -0.0631. The van der Waals surface area contributed by atoms with Crippen molar-refractivity contribution in [3.8, 4) is 0 Å². The zero-order chi connectivity index (χ0) is 15.2. The first kappa shape index (κ1) is 16.8. The second-order valence-corrected chi connectivity index (χ2v) is 5.24. The highest BCUT2D eigenvalue weighted by Crippen LogP contribution is 2.29. The molecule has 0 aromatic carbocycles. The van der Waals surface area contributed by atoms with Crippen molar-refractivity contribution >= 4 is 23.4 Å². The van der Waals surface area contributed by atoms with Gasteiger partial charge in [0.1, 0.15) is 17.5 Å². The third-order valence-electron chi connectivity index (χ3n) is 2.46. The second-order valence-electron chi connectivity index (χ2n) is 4.08. The van der Waals surface area contributed by atoms with Gasteiger partial charge < -0.3 is 10.7 Å². The van der Waals surface area contributed by atoms with Gasteiger partial charge in [-0.3, -0.25) is 0 Å². The number of nitrogens with two attached hydrogens (primary N) is 1. The van der Waals surface area contributed by atoms with Crippen LogP contribution >= 0.6 is 11.8 Å². The molecule has 1 aromatic rings. The van der Waals surface area contributed by atoms with Crippen LogP contribution in [0.1, 0.15) is 24.7 Å². The fourth-order valence-electron chi connectivity index (χ4n) is 1.55. The van der Waals surface area contributed by atoms with Crippen LogP contribution in [-0.2, 0) is 6.42 Å². The van der Waals surface area contributed by atoms with Gasteiger partial charge >= 0.3 is 5.51 Å². The molecule has 0 saturated carbocycles. The normalized spacial score (nSPS) is 11.5. The molecule has 9 heteroatoms. The summed E-state index contributed by atoms with van der Waals surface area (Å²) in [6.45, 7) is 3.91. The number of aryl methyl sites for hydroxylation is 1. The third-order valence-corrected chi connectivity index (χ3v) is 3.20. The van der Waals surface area contributed by atoms with Gasteiger partial charge in [-0.1, -0.05) is 6.92 Å². The number of hydrogen-bond acceptors (Lipinski definition) is 6.